The zero-order chi connectivity index (χ0) is 19.2. The van der Waals surface area contributed by atoms with E-state index in [2.05, 4.69) is 5.32 Å². The van der Waals surface area contributed by atoms with Gasteiger partial charge in [0, 0.05) is 19.5 Å². The molecule has 1 aromatic rings. The van der Waals surface area contributed by atoms with Gasteiger partial charge in [-0.2, -0.15) is 4.31 Å². The quantitative estimate of drug-likeness (QED) is 0.748. The molecule has 0 aromatic heterocycles. The summed E-state index contributed by atoms with van der Waals surface area (Å²) < 4.78 is 27.0. The number of aryl methyl sites for hydroxylation is 1. The minimum absolute atomic E-state index is 0.149. The van der Waals surface area contributed by atoms with Crippen LogP contribution in [0.1, 0.15) is 44.6 Å². The largest absolute Gasteiger partial charge is 0.480 e. The fourth-order valence-corrected chi connectivity index (χ4v) is 4.41. The monoisotopic (exact) mass is 382 g/mol. The Morgan fingerprint density at radius 2 is 1.69 bits per heavy atom. The summed E-state index contributed by atoms with van der Waals surface area (Å²) in [5, 5.41) is 11.2. The molecule has 2 N–H and O–H groups in total. The lowest BCUT2D eigenvalue weighted by molar-refractivity contribution is -0.141. The number of carboxylic acid groups (broad SMARTS) is 1. The Labute approximate surface area is 154 Å². The van der Waals surface area contributed by atoms with Crippen molar-refractivity contribution in [2.24, 2.45) is 0 Å². The van der Waals surface area contributed by atoms with Gasteiger partial charge >= 0.3 is 5.97 Å². The minimum atomic E-state index is -3.47. The van der Waals surface area contributed by atoms with Crippen LogP contribution in [0.15, 0.2) is 29.2 Å². The van der Waals surface area contributed by atoms with Gasteiger partial charge in [0.25, 0.3) is 0 Å². The second kappa shape index (κ2) is 9.14. The minimum Gasteiger partial charge on any atom is -0.480 e. The number of aliphatic carboxylic acids is 1. The summed E-state index contributed by atoms with van der Waals surface area (Å²) in [6.07, 6.45) is 4.47. The molecule has 1 atom stereocenters. The highest BCUT2D eigenvalue weighted by molar-refractivity contribution is 7.89. The normalized spacial score (nSPS) is 17.3. The SMILES string of the molecule is C[C@@H](NC(=O)CCc1ccc(S(=O)(=O)N2CCCCCC2)cc1)C(=O)O. The van der Waals surface area contributed by atoms with Crippen molar-refractivity contribution in [2.75, 3.05) is 13.1 Å². The predicted molar refractivity (Wildman–Crippen MR) is 97.2 cm³/mol. The first-order chi connectivity index (χ1) is 12.3. The highest BCUT2D eigenvalue weighted by Crippen LogP contribution is 2.21. The van der Waals surface area contributed by atoms with E-state index in [-0.39, 0.29) is 17.2 Å². The number of amides is 1. The van der Waals surface area contributed by atoms with Crippen molar-refractivity contribution >= 4 is 21.9 Å². The predicted octanol–water partition coefficient (Wildman–Crippen LogP) is 1.77. The maximum absolute atomic E-state index is 12.7. The van der Waals surface area contributed by atoms with E-state index in [4.69, 9.17) is 5.11 Å². The average molecular weight is 382 g/mol. The van der Waals surface area contributed by atoms with Gasteiger partial charge in [-0.25, -0.2) is 8.42 Å². The summed E-state index contributed by atoms with van der Waals surface area (Å²) in [5.41, 5.74) is 0.831. The zero-order valence-corrected chi connectivity index (χ0v) is 15.8. The molecule has 0 unspecified atom stereocenters. The summed E-state index contributed by atoms with van der Waals surface area (Å²) in [6.45, 7) is 2.53. The lowest BCUT2D eigenvalue weighted by atomic mass is 10.1. The number of nitrogens with one attached hydrogen (secondary N) is 1. The lowest BCUT2D eigenvalue weighted by Gasteiger charge is -2.20. The molecule has 8 heteroatoms. The molecule has 1 aromatic carbocycles. The molecule has 0 radical (unpaired) electrons. The van der Waals surface area contributed by atoms with E-state index in [9.17, 15) is 18.0 Å². The third kappa shape index (κ3) is 5.54. The molecule has 144 valence electrons. The Balaban J connectivity index is 1.95. The van der Waals surface area contributed by atoms with Gasteiger partial charge in [-0.15, -0.1) is 0 Å². The summed E-state index contributed by atoms with van der Waals surface area (Å²) in [7, 11) is -3.47. The van der Waals surface area contributed by atoms with E-state index in [1.807, 2.05) is 0 Å². The van der Waals surface area contributed by atoms with Gasteiger partial charge in [-0.05, 0) is 43.9 Å². The number of sulfonamides is 1. The topological polar surface area (TPSA) is 104 Å². The number of carbonyl (C=O) groups excluding carboxylic acids is 1. The number of benzene rings is 1. The van der Waals surface area contributed by atoms with E-state index >= 15 is 0 Å². The van der Waals surface area contributed by atoms with E-state index in [1.54, 1.807) is 28.6 Å². The van der Waals surface area contributed by atoms with E-state index < -0.39 is 22.0 Å². The van der Waals surface area contributed by atoms with Crippen LogP contribution in [-0.4, -0.2) is 48.8 Å². The van der Waals surface area contributed by atoms with Gasteiger partial charge in [0.2, 0.25) is 15.9 Å². The lowest BCUT2D eigenvalue weighted by Crippen LogP contribution is -2.38. The number of carboxylic acids is 1. The molecule has 1 aliphatic rings. The van der Waals surface area contributed by atoms with Crippen molar-refractivity contribution < 1.29 is 23.1 Å². The van der Waals surface area contributed by atoms with Crippen molar-refractivity contribution in [1.29, 1.82) is 0 Å². The molecule has 0 aliphatic carbocycles. The van der Waals surface area contributed by atoms with Crippen LogP contribution in [0.4, 0.5) is 0 Å². The molecule has 0 spiro atoms. The van der Waals surface area contributed by atoms with Crippen molar-refractivity contribution in [3.05, 3.63) is 29.8 Å². The van der Waals surface area contributed by atoms with Crippen LogP contribution < -0.4 is 5.32 Å². The molecule has 1 saturated heterocycles. The van der Waals surface area contributed by atoms with Crippen LogP contribution in [0.25, 0.3) is 0 Å². The van der Waals surface area contributed by atoms with Crippen molar-refractivity contribution in [1.82, 2.24) is 9.62 Å². The van der Waals surface area contributed by atoms with Crippen molar-refractivity contribution in [2.45, 2.75) is 56.4 Å². The molecule has 26 heavy (non-hydrogen) atoms. The fourth-order valence-electron chi connectivity index (χ4n) is 2.89. The molecule has 2 rings (SSSR count). The van der Waals surface area contributed by atoms with E-state index in [0.29, 0.717) is 19.5 Å². The molecular formula is C18H26N2O5S. The number of carbonyl (C=O) groups is 2. The van der Waals surface area contributed by atoms with Gasteiger partial charge in [0.15, 0.2) is 0 Å². The van der Waals surface area contributed by atoms with Gasteiger partial charge in [-0.3, -0.25) is 9.59 Å². The Morgan fingerprint density at radius 1 is 1.12 bits per heavy atom. The molecular weight excluding hydrogens is 356 g/mol. The van der Waals surface area contributed by atoms with Gasteiger partial charge in [0.1, 0.15) is 6.04 Å². The van der Waals surface area contributed by atoms with Crippen LogP contribution in [0, 0.1) is 0 Å². The standard InChI is InChI=1S/C18H26N2O5S/c1-14(18(22)23)19-17(21)11-8-15-6-9-16(10-7-15)26(24,25)20-12-4-2-3-5-13-20/h6-7,9-10,14H,2-5,8,11-13H2,1H3,(H,19,21)(H,22,23)/t14-/m1/s1. The molecule has 1 fully saturated rings. The summed E-state index contributed by atoms with van der Waals surface area (Å²) in [4.78, 5) is 22.7. The van der Waals surface area contributed by atoms with Crippen LogP contribution in [-0.2, 0) is 26.0 Å². The third-order valence-corrected chi connectivity index (χ3v) is 6.43. The Bertz CT molecular complexity index is 722. The molecule has 1 aliphatic heterocycles. The fraction of sp³-hybridized carbons (Fsp3) is 0.556. The Morgan fingerprint density at radius 3 is 2.23 bits per heavy atom. The van der Waals surface area contributed by atoms with E-state index in [1.165, 1.54) is 6.92 Å². The first kappa shape index (κ1) is 20.4. The molecule has 1 amide bonds. The first-order valence-corrected chi connectivity index (χ1v) is 10.4. The van der Waals surface area contributed by atoms with Crippen LogP contribution in [0.2, 0.25) is 0 Å². The second-order valence-corrected chi connectivity index (χ2v) is 8.53. The zero-order valence-electron chi connectivity index (χ0n) is 15.0. The van der Waals surface area contributed by atoms with E-state index in [0.717, 1.165) is 31.2 Å². The Kier molecular flexibility index (Phi) is 7.16. The number of hydrogen-bond acceptors (Lipinski definition) is 4. The first-order valence-electron chi connectivity index (χ1n) is 8.92. The molecule has 7 nitrogen and oxygen atoms in total. The van der Waals surface area contributed by atoms with Gasteiger partial charge in [0.05, 0.1) is 4.90 Å². The third-order valence-electron chi connectivity index (χ3n) is 4.51. The molecule has 0 saturated carbocycles. The summed E-state index contributed by atoms with van der Waals surface area (Å²) in [5.74, 6) is -1.43. The summed E-state index contributed by atoms with van der Waals surface area (Å²) in [6, 6.07) is 5.64. The number of hydrogen-bond donors (Lipinski definition) is 2. The average Bonchev–Trinajstić information content (AvgIpc) is 2.90. The maximum Gasteiger partial charge on any atom is 0.325 e. The highest BCUT2D eigenvalue weighted by Gasteiger charge is 2.24. The highest BCUT2D eigenvalue weighted by atomic mass is 32.2. The van der Waals surface area contributed by atoms with Gasteiger partial charge in [-0.1, -0.05) is 25.0 Å². The van der Waals surface area contributed by atoms with Crippen LogP contribution >= 0.6 is 0 Å². The second-order valence-electron chi connectivity index (χ2n) is 6.59. The smallest absolute Gasteiger partial charge is 0.325 e. The van der Waals surface area contributed by atoms with Crippen LogP contribution in [0.3, 0.4) is 0 Å². The summed E-state index contributed by atoms with van der Waals surface area (Å²) >= 11 is 0. The van der Waals surface area contributed by atoms with Crippen molar-refractivity contribution in [3.8, 4) is 0 Å². The van der Waals surface area contributed by atoms with Crippen molar-refractivity contribution in [3.63, 3.8) is 0 Å². The van der Waals surface area contributed by atoms with Gasteiger partial charge < -0.3 is 10.4 Å². The number of rotatable bonds is 7. The van der Waals surface area contributed by atoms with Crippen LogP contribution in [0.5, 0.6) is 0 Å². The molecule has 1 heterocycles. The number of nitrogens with zero attached hydrogens (tertiary/aromatic N) is 1. The Hall–Kier alpha value is -1.93. The molecule has 0 bridgehead atoms. The maximum atomic E-state index is 12.7.